The number of aromatic nitrogens is 1. The fourth-order valence-electron chi connectivity index (χ4n) is 1.69. The number of carboxylic acids is 1. The third-order valence-corrected chi connectivity index (χ3v) is 3.82. The van der Waals surface area contributed by atoms with Crippen molar-refractivity contribution in [3.05, 3.63) is 35.5 Å². The number of aromatic amines is 1. The number of fused-ring (bicyclic) bond motifs is 1. The summed E-state index contributed by atoms with van der Waals surface area (Å²) in [6.45, 7) is 2.83. The molecule has 94 valence electrons. The molecule has 0 saturated carbocycles. The quantitative estimate of drug-likeness (QED) is 0.835. The Morgan fingerprint density at radius 2 is 1.89 bits per heavy atom. The molecule has 0 atom stereocenters. The van der Waals surface area contributed by atoms with Crippen LogP contribution >= 0.6 is 7.14 Å². The predicted molar refractivity (Wildman–Crippen MR) is 69.0 cm³/mol. The molecule has 0 bridgehead atoms. The van der Waals surface area contributed by atoms with Gasteiger partial charge in [-0.05, 0) is 37.6 Å². The van der Waals surface area contributed by atoms with Crippen LogP contribution in [0.5, 0.6) is 0 Å². The molecule has 1 heterocycles. The molecule has 5 nitrogen and oxygen atoms in total. The average molecular weight is 265 g/mol. The van der Waals surface area contributed by atoms with Crippen LogP contribution in [-0.2, 0) is 4.57 Å². The molecular formula is C12H12NO4P. The van der Waals surface area contributed by atoms with Crippen molar-refractivity contribution in [2.75, 3.05) is 13.3 Å². The van der Waals surface area contributed by atoms with Gasteiger partial charge >= 0.3 is 5.97 Å². The smallest absolute Gasteiger partial charge is 0.352 e. The molecule has 0 spiro atoms. The van der Waals surface area contributed by atoms with Gasteiger partial charge in [0.2, 0.25) is 5.52 Å². The van der Waals surface area contributed by atoms with Crippen LogP contribution in [0.1, 0.15) is 20.8 Å². The number of carbonyl (C=O) groups excluding carboxylic acids is 1. The maximum atomic E-state index is 11.9. The molecule has 6 heteroatoms. The highest BCUT2D eigenvalue weighted by Crippen LogP contribution is 2.40. The summed E-state index contributed by atoms with van der Waals surface area (Å²) < 4.78 is 11.7. The second kappa shape index (κ2) is 4.10. The van der Waals surface area contributed by atoms with Crippen molar-refractivity contribution < 1.29 is 19.3 Å². The van der Waals surface area contributed by atoms with Crippen LogP contribution in [0, 0.1) is 0 Å². The molecular weight excluding hydrogens is 253 g/mol. The van der Waals surface area contributed by atoms with Crippen LogP contribution in [0.3, 0.4) is 0 Å². The van der Waals surface area contributed by atoms with Crippen LogP contribution < -0.4 is 0 Å². The van der Waals surface area contributed by atoms with E-state index in [1.165, 1.54) is 19.4 Å². The summed E-state index contributed by atoms with van der Waals surface area (Å²) in [5.74, 6) is -1.06. The number of carbonyl (C=O) groups is 2. The van der Waals surface area contributed by atoms with E-state index in [9.17, 15) is 14.2 Å². The molecule has 1 aromatic heterocycles. The summed E-state index contributed by atoms with van der Waals surface area (Å²) in [6, 6.07) is 6.17. The normalized spacial score (nSPS) is 11.7. The van der Waals surface area contributed by atoms with Crippen molar-refractivity contribution in [1.29, 1.82) is 0 Å². The van der Waals surface area contributed by atoms with Crippen LogP contribution in [0.15, 0.2) is 24.3 Å². The monoisotopic (exact) mass is 265 g/mol. The van der Waals surface area contributed by atoms with Crippen LogP contribution in [0.2, 0.25) is 0 Å². The Labute approximate surface area is 103 Å². The Balaban J connectivity index is 2.54. The highest BCUT2D eigenvalue weighted by Gasteiger charge is 2.21. The lowest BCUT2D eigenvalue weighted by atomic mass is 10.2. The van der Waals surface area contributed by atoms with E-state index in [2.05, 4.69) is 4.98 Å². The minimum absolute atomic E-state index is 0.0609. The second-order valence-electron chi connectivity index (χ2n) is 4.45. The van der Waals surface area contributed by atoms with Crippen molar-refractivity contribution in [2.24, 2.45) is 0 Å². The van der Waals surface area contributed by atoms with E-state index in [0.29, 0.717) is 16.5 Å². The molecule has 18 heavy (non-hydrogen) atoms. The lowest BCUT2D eigenvalue weighted by Gasteiger charge is -2.05. The number of carboxylic acid groups (broad SMARTS) is 1. The van der Waals surface area contributed by atoms with Gasteiger partial charge in [-0.3, -0.25) is 4.79 Å². The van der Waals surface area contributed by atoms with Crippen LogP contribution in [0.25, 0.3) is 10.9 Å². The molecule has 0 aliphatic heterocycles. The Morgan fingerprint density at radius 3 is 2.44 bits per heavy atom. The average Bonchev–Trinajstić information content (AvgIpc) is 2.69. The number of nitrogens with one attached hydrogen (secondary N) is 1. The van der Waals surface area contributed by atoms with Gasteiger partial charge in [0.1, 0.15) is 12.8 Å². The Bertz CT molecular complexity index is 695. The molecule has 2 N–H and O–H groups in total. The Kier molecular flexibility index (Phi) is 2.87. The molecule has 0 aliphatic rings. The van der Waals surface area contributed by atoms with Gasteiger partial charge in [-0.25, -0.2) is 4.79 Å². The first-order valence-electron chi connectivity index (χ1n) is 5.25. The van der Waals surface area contributed by atoms with Gasteiger partial charge < -0.3 is 14.7 Å². The van der Waals surface area contributed by atoms with Crippen LogP contribution in [-0.4, -0.2) is 34.9 Å². The summed E-state index contributed by atoms with van der Waals surface area (Å²) in [6.07, 6.45) is 0. The van der Waals surface area contributed by atoms with Crippen molar-refractivity contribution in [1.82, 2.24) is 4.98 Å². The summed E-state index contributed by atoms with van der Waals surface area (Å²) >= 11 is 0. The molecule has 0 fully saturated rings. The lowest BCUT2D eigenvalue weighted by Crippen LogP contribution is -1.98. The van der Waals surface area contributed by atoms with E-state index in [-0.39, 0.29) is 5.69 Å². The van der Waals surface area contributed by atoms with Crippen molar-refractivity contribution in [2.45, 2.75) is 0 Å². The number of hydrogen-bond acceptors (Lipinski definition) is 3. The zero-order valence-corrected chi connectivity index (χ0v) is 10.8. The summed E-state index contributed by atoms with van der Waals surface area (Å²) in [5.41, 5.74) is 0.631. The zero-order chi connectivity index (χ0) is 13.5. The lowest BCUT2D eigenvalue weighted by molar-refractivity contribution is 0.0691. The van der Waals surface area contributed by atoms with Gasteiger partial charge in [0.25, 0.3) is 0 Å². The number of rotatable bonds is 3. The van der Waals surface area contributed by atoms with Gasteiger partial charge in [-0.2, -0.15) is 0 Å². The fourth-order valence-corrected chi connectivity index (χ4v) is 2.45. The SMILES string of the molecule is CP(C)(=O)C(=O)c1ccc2[nH]c(C(=O)O)cc2c1. The number of aromatic carboxylic acids is 1. The summed E-state index contributed by atoms with van der Waals surface area (Å²) in [5, 5.41) is 9.47. The molecule has 0 amide bonds. The van der Waals surface area contributed by atoms with E-state index in [4.69, 9.17) is 5.11 Å². The largest absolute Gasteiger partial charge is 0.477 e. The second-order valence-corrected chi connectivity index (χ2v) is 7.55. The van der Waals surface area contributed by atoms with E-state index < -0.39 is 18.6 Å². The first kappa shape index (κ1) is 12.6. The zero-order valence-electron chi connectivity index (χ0n) is 9.93. The Hall–Kier alpha value is -1.87. The van der Waals surface area contributed by atoms with E-state index >= 15 is 0 Å². The van der Waals surface area contributed by atoms with Crippen molar-refractivity contribution >= 4 is 29.5 Å². The van der Waals surface area contributed by atoms with Gasteiger partial charge in [0.15, 0.2) is 0 Å². The van der Waals surface area contributed by atoms with Crippen molar-refractivity contribution in [3.63, 3.8) is 0 Å². The summed E-state index contributed by atoms with van der Waals surface area (Å²) in [4.78, 5) is 25.4. The molecule has 1 aromatic carbocycles. The van der Waals surface area contributed by atoms with Gasteiger partial charge in [0, 0.05) is 16.5 Å². The molecule has 0 saturated heterocycles. The van der Waals surface area contributed by atoms with E-state index in [0.717, 1.165) is 0 Å². The Morgan fingerprint density at radius 1 is 1.22 bits per heavy atom. The van der Waals surface area contributed by atoms with Gasteiger partial charge in [-0.1, -0.05) is 0 Å². The maximum absolute atomic E-state index is 11.9. The number of benzene rings is 1. The fraction of sp³-hybridized carbons (Fsp3) is 0.167. The maximum Gasteiger partial charge on any atom is 0.352 e. The van der Waals surface area contributed by atoms with Gasteiger partial charge in [-0.15, -0.1) is 0 Å². The molecule has 0 aliphatic carbocycles. The first-order valence-corrected chi connectivity index (χ1v) is 7.85. The topological polar surface area (TPSA) is 87.2 Å². The van der Waals surface area contributed by atoms with E-state index in [1.54, 1.807) is 18.2 Å². The predicted octanol–water partition coefficient (Wildman–Crippen LogP) is 2.63. The minimum Gasteiger partial charge on any atom is -0.477 e. The highest BCUT2D eigenvalue weighted by molar-refractivity contribution is 7.79. The third-order valence-electron chi connectivity index (χ3n) is 2.59. The number of hydrogen-bond donors (Lipinski definition) is 2. The molecule has 2 aromatic rings. The first-order chi connectivity index (χ1) is 8.29. The molecule has 0 radical (unpaired) electrons. The van der Waals surface area contributed by atoms with Crippen LogP contribution in [0.4, 0.5) is 0 Å². The van der Waals surface area contributed by atoms with Gasteiger partial charge in [0.05, 0.1) is 0 Å². The third kappa shape index (κ3) is 2.22. The minimum atomic E-state index is -2.83. The van der Waals surface area contributed by atoms with Crippen molar-refractivity contribution in [3.8, 4) is 0 Å². The standard InChI is InChI=1S/C12H12NO4P/c1-18(2,17)12(16)7-3-4-9-8(5-7)6-10(13-9)11(14)15/h3-6,13H,1-2H3,(H,14,15). The summed E-state index contributed by atoms with van der Waals surface area (Å²) in [7, 11) is -2.83. The number of H-pyrrole nitrogens is 1. The molecule has 2 rings (SSSR count). The highest BCUT2D eigenvalue weighted by atomic mass is 31.2. The molecule has 0 unspecified atom stereocenters. The van der Waals surface area contributed by atoms with E-state index in [1.807, 2.05) is 0 Å².